The molecule has 0 unspecified atom stereocenters. The maximum atomic E-state index is 12.1. The van der Waals surface area contributed by atoms with Crippen LogP contribution in [0.1, 0.15) is 10.5 Å². The first kappa shape index (κ1) is 14.6. The first-order valence-corrected chi connectivity index (χ1v) is 8.28. The van der Waals surface area contributed by atoms with E-state index in [-0.39, 0.29) is 5.91 Å². The van der Waals surface area contributed by atoms with Crippen LogP contribution in [-0.2, 0) is 7.05 Å². The number of rotatable bonds is 3. The fourth-order valence-corrected chi connectivity index (χ4v) is 3.39. The van der Waals surface area contributed by atoms with Crippen molar-refractivity contribution >= 4 is 33.1 Å². The molecule has 0 spiro atoms. The van der Waals surface area contributed by atoms with Gasteiger partial charge in [0.25, 0.3) is 5.91 Å². The number of fused-ring (bicyclic) bond motifs is 1. The lowest BCUT2D eigenvalue weighted by Gasteiger charge is -2.04. The van der Waals surface area contributed by atoms with Crippen molar-refractivity contribution in [2.75, 3.05) is 5.32 Å². The van der Waals surface area contributed by atoms with Gasteiger partial charge in [-0.15, -0.1) is 11.3 Å². The minimum atomic E-state index is -0.219. The molecule has 0 saturated heterocycles. The van der Waals surface area contributed by atoms with Gasteiger partial charge in [0.1, 0.15) is 5.01 Å². The Balaban J connectivity index is 1.55. The summed E-state index contributed by atoms with van der Waals surface area (Å²) in [7, 11) is 1.78. The summed E-state index contributed by atoms with van der Waals surface area (Å²) >= 11 is 1.66. The van der Waals surface area contributed by atoms with E-state index in [0.717, 1.165) is 21.8 Å². The number of nitrogens with zero attached hydrogens (tertiary/aromatic N) is 3. The third-order valence-electron chi connectivity index (χ3n) is 3.63. The zero-order valence-electron chi connectivity index (χ0n) is 12.9. The van der Waals surface area contributed by atoms with Crippen LogP contribution in [0, 0.1) is 0 Å². The number of aryl methyl sites for hydroxylation is 1. The van der Waals surface area contributed by atoms with E-state index in [2.05, 4.69) is 21.5 Å². The van der Waals surface area contributed by atoms with E-state index >= 15 is 0 Å². The highest BCUT2D eigenvalue weighted by Gasteiger charge is 2.10. The molecule has 0 aliphatic heterocycles. The number of hydrogen-bond acceptors (Lipinski definition) is 4. The van der Waals surface area contributed by atoms with Crippen LogP contribution >= 0.6 is 11.3 Å². The zero-order chi connectivity index (χ0) is 16.5. The molecule has 118 valence electrons. The lowest BCUT2D eigenvalue weighted by molar-refractivity contribution is 0.102. The van der Waals surface area contributed by atoms with Gasteiger partial charge in [0, 0.05) is 24.5 Å². The van der Waals surface area contributed by atoms with E-state index in [1.54, 1.807) is 35.3 Å². The molecule has 0 aliphatic carbocycles. The number of thiazole rings is 1. The lowest BCUT2D eigenvalue weighted by atomic mass is 10.2. The summed E-state index contributed by atoms with van der Waals surface area (Å²) in [5, 5.41) is 7.91. The first-order chi connectivity index (χ1) is 11.7. The fraction of sp³-hybridized carbons (Fsp3) is 0.0556. The Morgan fingerprint density at radius 3 is 2.58 bits per heavy atom. The van der Waals surface area contributed by atoms with Crippen molar-refractivity contribution in [3.05, 3.63) is 66.5 Å². The maximum Gasteiger partial charge on any atom is 0.276 e. The fourth-order valence-electron chi connectivity index (χ4n) is 2.42. The predicted octanol–water partition coefficient (Wildman–Crippen LogP) is 3.95. The number of amides is 1. The molecule has 6 heteroatoms. The van der Waals surface area contributed by atoms with Gasteiger partial charge in [0.15, 0.2) is 5.69 Å². The van der Waals surface area contributed by atoms with Crippen LogP contribution in [0.25, 0.3) is 20.8 Å². The van der Waals surface area contributed by atoms with Crippen LogP contribution in [0.2, 0.25) is 0 Å². The number of carbonyl (C=O) groups is 1. The standard InChI is InChI=1S/C18H14N4OS/c1-22-11-10-15(21-22)17(23)19-13-8-6-12(7-9-13)18-20-14-4-2-3-5-16(14)24-18/h2-11H,1H3,(H,19,23). The number of aromatic nitrogens is 3. The molecule has 2 aromatic carbocycles. The Labute approximate surface area is 142 Å². The van der Waals surface area contributed by atoms with Gasteiger partial charge in [-0.05, 0) is 42.5 Å². The molecule has 4 aromatic rings. The molecular weight excluding hydrogens is 320 g/mol. The summed E-state index contributed by atoms with van der Waals surface area (Å²) < 4.78 is 2.77. The second kappa shape index (κ2) is 5.90. The summed E-state index contributed by atoms with van der Waals surface area (Å²) in [5.41, 5.74) is 3.17. The van der Waals surface area contributed by atoms with Crippen LogP contribution < -0.4 is 5.32 Å². The minimum absolute atomic E-state index is 0.219. The van der Waals surface area contributed by atoms with Gasteiger partial charge in [0.05, 0.1) is 10.2 Å². The van der Waals surface area contributed by atoms with Crippen molar-refractivity contribution in [1.29, 1.82) is 0 Å². The van der Waals surface area contributed by atoms with Crippen LogP contribution in [-0.4, -0.2) is 20.7 Å². The predicted molar refractivity (Wildman–Crippen MR) is 96.2 cm³/mol. The van der Waals surface area contributed by atoms with E-state index in [9.17, 15) is 4.79 Å². The molecule has 1 N–H and O–H groups in total. The summed E-state index contributed by atoms with van der Waals surface area (Å²) in [6.07, 6.45) is 1.74. The quantitative estimate of drug-likeness (QED) is 0.617. The molecule has 4 rings (SSSR count). The molecule has 2 heterocycles. The van der Waals surface area contributed by atoms with Gasteiger partial charge in [-0.2, -0.15) is 5.10 Å². The Morgan fingerprint density at radius 1 is 1.08 bits per heavy atom. The van der Waals surface area contributed by atoms with Crippen molar-refractivity contribution in [2.45, 2.75) is 0 Å². The van der Waals surface area contributed by atoms with Gasteiger partial charge in [-0.25, -0.2) is 4.98 Å². The number of anilines is 1. The third-order valence-corrected chi connectivity index (χ3v) is 4.72. The van der Waals surface area contributed by atoms with Gasteiger partial charge in [0.2, 0.25) is 0 Å². The molecule has 2 aromatic heterocycles. The van der Waals surface area contributed by atoms with E-state index in [4.69, 9.17) is 0 Å². The number of carbonyl (C=O) groups excluding carboxylic acids is 1. The summed E-state index contributed by atoms with van der Waals surface area (Å²) in [4.78, 5) is 16.7. The summed E-state index contributed by atoms with van der Waals surface area (Å²) in [6, 6.07) is 17.4. The Kier molecular flexibility index (Phi) is 3.59. The van der Waals surface area contributed by atoms with E-state index in [0.29, 0.717) is 5.69 Å². The number of para-hydroxylation sites is 1. The highest BCUT2D eigenvalue weighted by molar-refractivity contribution is 7.21. The van der Waals surface area contributed by atoms with Crippen LogP contribution in [0.5, 0.6) is 0 Å². The highest BCUT2D eigenvalue weighted by atomic mass is 32.1. The van der Waals surface area contributed by atoms with Crippen molar-refractivity contribution in [3.8, 4) is 10.6 Å². The third kappa shape index (κ3) is 2.79. The number of benzene rings is 2. The monoisotopic (exact) mass is 334 g/mol. The summed E-state index contributed by atoms with van der Waals surface area (Å²) in [6.45, 7) is 0. The van der Waals surface area contributed by atoms with Crippen molar-refractivity contribution in [3.63, 3.8) is 0 Å². The lowest BCUT2D eigenvalue weighted by Crippen LogP contribution is -2.12. The molecule has 0 bridgehead atoms. The Bertz CT molecular complexity index is 984. The van der Waals surface area contributed by atoms with E-state index in [1.807, 2.05) is 42.5 Å². The first-order valence-electron chi connectivity index (χ1n) is 7.46. The molecule has 0 radical (unpaired) electrons. The average Bonchev–Trinajstić information content (AvgIpc) is 3.21. The Hall–Kier alpha value is -2.99. The smallest absolute Gasteiger partial charge is 0.276 e. The SMILES string of the molecule is Cn1ccc(C(=O)Nc2ccc(-c3nc4ccccc4s3)cc2)n1. The van der Waals surface area contributed by atoms with Crippen molar-refractivity contribution in [2.24, 2.45) is 7.05 Å². The molecule has 0 aliphatic rings. The number of nitrogens with one attached hydrogen (secondary N) is 1. The second-order valence-corrected chi connectivity index (χ2v) is 6.42. The van der Waals surface area contributed by atoms with E-state index in [1.165, 1.54) is 4.70 Å². The Morgan fingerprint density at radius 2 is 1.88 bits per heavy atom. The second-order valence-electron chi connectivity index (χ2n) is 5.39. The van der Waals surface area contributed by atoms with E-state index < -0.39 is 0 Å². The van der Waals surface area contributed by atoms with Crippen molar-refractivity contribution < 1.29 is 4.79 Å². The maximum absolute atomic E-state index is 12.1. The molecule has 0 saturated carbocycles. The largest absolute Gasteiger partial charge is 0.321 e. The summed E-state index contributed by atoms with van der Waals surface area (Å²) in [5.74, 6) is -0.219. The molecule has 24 heavy (non-hydrogen) atoms. The van der Waals surface area contributed by atoms with Gasteiger partial charge < -0.3 is 5.32 Å². The van der Waals surface area contributed by atoms with Crippen LogP contribution in [0.15, 0.2) is 60.8 Å². The average molecular weight is 334 g/mol. The van der Waals surface area contributed by atoms with Crippen LogP contribution in [0.3, 0.4) is 0 Å². The zero-order valence-corrected chi connectivity index (χ0v) is 13.7. The molecule has 0 atom stereocenters. The van der Waals surface area contributed by atoms with Gasteiger partial charge in [-0.3, -0.25) is 9.48 Å². The highest BCUT2D eigenvalue weighted by Crippen LogP contribution is 2.30. The van der Waals surface area contributed by atoms with Gasteiger partial charge in [-0.1, -0.05) is 12.1 Å². The normalized spacial score (nSPS) is 10.9. The molecule has 5 nitrogen and oxygen atoms in total. The molecular formula is C18H14N4OS. The number of hydrogen-bond donors (Lipinski definition) is 1. The minimum Gasteiger partial charge on any atom is -0.321 e. The van der Waals surface area contributed by atoms with Crippen molar-refractivity contribution in [1.82, 2.24) is 14.8 Å². The topological polar surface area (TPSA) is 59.8 Å². The molecule has 1 amide bonds. The van der Waals surface area contributed by atoms with Gasteiger partial charge >= 0.3 is 0 Å². The van der Waals surface area contributed by atoms with Crippen LogP contribution in [0.4, 0.5) is 5.69 Å². The molecule has 0 fully saturated rings.